The Labute approximate surface area is 118 Å². The van der Waals surface area contributed by atoms with Crippen LogP contribution in [0.4, 0.5) is 11.4 Å². The fourth-order valence-electron chi connectivity index (χ4n) is 2.61. The molecule has 0 spiro atoms. The molecule has 1 aliphatic rings. The number of nitrogens with one attached hydrogen (secondary N) is 2. The second-order valence-corrected chi connectivity index (χ2v) is 5.40. The van der Waals surface area contributed by atoms with Gasteiger partial charge in [0.1, 0.15) is 5.69 Å². The summed E-state index contributed by atoms with van der Waals surface area (Å²) in [7, 11) is 0. The maximum atomic E-state index is 12.4. The third-order valence-electron chi connectivity index (χ3n) is 3.64. The minimum Gasteiger partial charge on any atom is -0.384 e. The van der Waals surface area contributed by atoms with Crippen LogP contribution in [0.15, 0.2) is 36.5 Å². The predicted molar refractivity (Wildman–Crippen MR) is 81.4 cm³/mol. The molecule has 0 atom stereocenters. The zero-order valence-electron chi connectivity index (χ0n) is 11.8. The molecule has 0 radical (unpaired) electrons. The molecule has 1 amide bonds. The van der Waals surface area contributed by atoms with Gasteiger partial charge in [-0.25, -0.2) is 0 Å². The number of benzene rings is 1. The number of fused-ring (bicyclic) bond motifs is 1. The topological polar surface area (TPSA) is 46.1 Å². The fraction of sp³-hybridized carbons (Fsp3) is 0.312. The first-order valence-corrected chi connectivity index (χ1v) is 7.00. The van der Waals surface area contributed by atoms with Gasteiger partial charge in [-0.15, -0.1) is 0 Å². The molecule has 0 aliphatic carbocycles. The summed E-state index contributed by atoms with van der Waals surface area (Å²) in [5.74, 6) is -0.0605. The van der Waals surface area contributed by atoms with Crippen molar-refractivity contribution in [2.75, 3.05) is 17.2 Å². The maximum absolute atomic E-state index is 12.4. The lowest BCUT2D eigenvalue weighted by atomic mass is 10.1. The van der Waals surface area contributed by atoms with Crippen molar-refractivity contribution >= 4 is 17.3 Å². The van der Waals surface area contributed by atoms with Crippen molar-refractivity contribution in [1.82, 2.24) is 4.57 Å². The van der Waals surface area contributed by atoms with E-state index >= 15 is 0 Å². The highest BCUT2D eigenvalue weighted by molar-refractivity contribution is 6.03. The minimum atomic E-state index is -0.0605. The van der Waals surface area contributed by atoms with Crippen LogP contribution in [-0.2, 0) is 6.42 Å². The molecule has 0 fully saturated rings. The summed E-state index contributed by atoms with van der Waals surface area (Å²) >= 11 is 0. The summed E-state index contributed by atoms with van der Waals surface area (Å²) in [6.45, 7) is 5.11. The highest BCUT2D eigenvalue weighted by Gasteiger charge is 2.14. The number of amides is 1. The van der Waals surface area contributed by atoms with E-state index in [1.165, 1.54) is 11.3 Å². The molecule has 4 nitrogen and oxygen atoms in total. The van der Waals surface area contributed by atoms with Crippen LogP contribution in [0.25, 0.3) is 0 Å². The first kappa shape index (κ1) is 12.8. The summed E-state index contributed by atoms with van der Waals surface area (Å²) in [5.41, 5.74) is 3.99. The number of carbonyl (C=O) groups excluding carboxylic acids is 1. The molecular formula is C16H19N3O. The molecule has 4 heteroatoms. The highest BCUT2D eigenvalue weighted by atomic mass is 16.1. The van der Waals surface area contributed by atoms with Gasteiger partial charge in [0.05, 0.1) is 0 Å². The summed E-state index contributed by atoms with van der Waals surface area (Å²) in [6.07, 6.45) is 2.95. The number of anilines is 2. The standard InChI is InChI=1S/C16H19N3O/c1-11(2)19-9-3-4-15(19)16(20)18-13-5-6-14-12(10-13)7-8-17-14/h3-6,9-11,17H,7-8H2,1-2H3,(H,18,20). The molecular weight excluding hydrogens is 250 g/mol. The molecule has 0 saturated carbocycles. The monoisotopic (exact) mass is 269 g/mol. The lowest BCUT2D eigenvalue weighted by Crippen LogP contribution is -2.17. The van der Waals surface area contributed by atoms with Crippen molar-refractivity contribution in [1.29, 1.82) is 0 Å². The summed E-state index contributed by atoms with van der Waals surface area (Å²) < 4.78 is 1.98. The molecule has 3 rings (SSSR count). The molecule has 20 heavy (non-hydrogen) atoms. The average molecular weight is 269 g/mol. The van der Waals surface area contributed by atoms with E-state index in [9.17, 15) is 4.79 Å². The largest absolute Gasteiger partial charge is 0.384 e. The van der Waals surface area contributed by atoms with Gasteiger partial charge in [0.2, 0.25) is 0 Å². The predicted octanol–water partition coefficient (Wildman–Crippen LogP) is 3.29. The Hall–Kier alpha value is -2.23. The number of carbonyl (C=O) groups is 1. The maximum Gasteiger partial charge on any atom is 0.272 e. The molecule has 0 bridgehead atoms. The Kier molecular flexibility index (Phi) is 3.22. The van der Waals surface area contributed by atoms with Gasteiger partial charge < -0.3 is 15.2 Å². The van der Waals surface area contributed by atoms with Crippen LogP contribution in [0.1, 0.15) is 35.9 Å². The van der Waals surface area contributed by atoms with Crippen LogP contribution in [0.2, 0.25) is 0 Å². The van der Waals surface area contributed by atoms with Gasteiger partial charge in [0.15, 0.2) is 0 Å². The summed E-state index contributed by atoms with van der Waals surface area (Å²) in [4.78, 5) is 12.4. The molecule has 2 heterocycles. The van der Waals surface area contributed by atoms with Gasteiger partial charge in [-0.3, -0.25) is 4.79 Å². The first-order chi connectivity index (χ1) is 9.65. The lowest BCUT2D eigenvalue weighted by Gasteiger charge is -2.13. The Balaban J connectivity index is 1.80. The fourth-order valence-corrected chi connectivity index (χ4v) is 2.61. The van der Waals surface area contributed by atoms with E-state index in [0.717, 1.165) is 18.7 Å². The average Bonchev–Trinajstić information content (AvgIpc) is 3.06. The zero-order valence-corrected chi connectivity index (χ0v) is 11.8. The van der Waals surface area contributed by atoms with Crippen molar-refractivity contribution in [3.8, 4) is 0 Å². The van der Waals surface area contributed by atoms with Crippen LogP contribution in [0.3, 0.4) is 0 Å². The van der Waals surface area contributed by atoms with Gasteiger partial charge in [0.25, 0.3) is 5.91 Å². The number of hydrogen-bond acceptors (Lipinski definition) is 2. The Morgan fingerprint density at radius 2 is 2.20 bits per heavy atom. The Bertz CT molecular complexity index is 643. The number of rotatable bonds is 3. The Morgan fingerprint density at radius 3 is 3.00 bits per heavy atom. The second kappa shape index (κ2) is 5.04. The number of aromatic nitrogens is 1. The summed E-state index contributed by atoms with van der Waals surface area (Å²) in [6, 6.07) is 10.0. The molecule has 1 aromatic carbocycles. The van der Waals surface area contributed by atoms with Crippen LogP contribution in [-0.4, -0.2) is 17.0 Å². The van der Waals surface area contributed by atoms with E-state index < -0.39 is 0 Å². The first-order valence-electron chi connectivity index (χ1n) is 7.00. The van der Waals surface area contributed by atoms with Crippen molar-refractivity contribution in [2.45, 2.75) is 26.3 Å². The molecule has 104 valence electrons. The minimum absolute atomic E-state index is 0.0605. The SMILES string of the molecule is CC(C)n1cccc1C(=O)Nc1ccc2c(c1)CCN2. The molecule has 2 aromatic rings. The van der Waals surface area contributed by atoms with E-state index in [1.54, 1.807) is 0 Å². The second-order valence-electron chi connectivity index (χ2n) is 5.40. The van der Waals surface area contributed by atoms with Crippen molar-refractivity contribution in [3.05, 3.63) is 47.8 Å². The normalized spacial score (nSPS) is 13.2. The molecule has 0 unspecified atom stereocenters. The van der Waals surface area contributed by atoms with Crippen molar-refractivity contribution in [2.24, 2.45) is 0 Å². The number of nitrogens with zero attached hydrogens (tertiary/aromatic N) is 1. The van der Waals surface area contributed by atoms with E-state index in [1.807, 2.05) is 35.0 Å². The third-order valence-corrected chi connectivity index (χ3v) is 3.64. The van der Waals surface area contributed by atoms with Gasteiger partial charge >= 0.3 is 0 Å². The van der Waals surface area contributed by atoms with Gasteiger partial charge in [0, 0.05) is 30.2 Å². The molecule has 0 saturated heterocycles. The third kappa shape index (κ3) is 2.29. The van der Waals surface area contributed by atoms with Crippen molar-refractivity contribution in [3.63, 3.8) is 0 Å². The van der Waals surface area contributed by atoms with Gasteiger partial charge in [-0.2, -0.15) is 0 Å². The van der Waals surface area contributed by atoms with E-state index in [-0.39, 0.29) is 11.9 Å². The smallest absolute Gasteiger partial charge is 0.272 e. The molecule has 1 aromatic heterocycles. The van der Waals surface area contributed by atoms with Gasteiger partial charge in [-0.1, -0.05) is 0 Å². The quantitative estimate of drug-likeness (QED) is 0.898. The van der Waals surface area contributed by atoms with Gasteiger partial charge in [-0.05, 0) is 56.2 Å². The van der Waals surface area contributed by atoms with Crippen LogP contribution in [0, 0.1) is 0 Å². The van der Waals surface area contributed by atoms with E-state index in [2.05, 4.69) is 30.5 Å². The van der Waals surface area contributed by atoms with E-state index in [4.69, 9.17) is 0 Å². The molecule has 2 N–H and O–H groups in total. The van der Waals surface area contributed by atoms with Crippen LogP contribution < -0.4 is 10.6 Å². The number of hydrogen-bond donors (Lipinski definition) is 2. The summed E-state index contributed by atoms with van der Waals surface area (Å²) in [5, 5.41) is 6.30. The zero-order chi connectivity index (χ0) is 14.1. The van der Waals surface area contributed by atoms with Crippen LogP contribution >= 0.6 is 0 Å². The van der Waals surface area contributed by atoms with Crippen molar-refractivity contribution < 1.29 is 4.79 Å². The van der Waals surface area contributed by atoms with E-state index in [0.29, 0.717) is 5.69 Å². The lowest BCUT2D eigenvalue weighted by molar-refractivity contribution is 0.101. The molecule has 1 aliphatic heterocycles. The highest BCUT2D eigenvalue weighted by Crippen LogP contribution is 2.25. The Morgan fingerprint density at radius 1 is 1.35 bits per heavy atom. The van der Waals surface area contributed by atoms with Crippen LogP contribution in [0.5, 0.6) is 0 Å².